The third-order valence-corrected chi connectivity index (χ3v) is 7.50. The number of piperidine rings is 1. The number of amides is 1. The van der Waals surface area contributed by atoms with Crippen molar-refractivity contribution in [3.8, 4) is 0 Å². The molecular formula is C27H31N5O2S. The van der Waals surface area contributed by atoms with Crippen molar-refractivity contribution in [2.24, 2.45) is 0 Å². The average Bonchev–Trinajstić information content (AvgIpc) is 2.92. The van der Waals surface area contributed by atoms with Gasteiger partial charge in [0.2, 0.25) is 5.95 Å². The van der Waals surface area contributed by atoms with Crippen molar-refractivity contribution in [3.63, 3.8) is 0 Å². The number of rotatable bonds is 6. The molecule has 0 bridgehead atoms. The van der Waals surface area contributed by atoms with E-state index >= 15 is 0 Å². The van der Waals surface area contributed by atoms with Crippen LogP contribution in [0.1, 0.15) is 35.2 Å². The van der Waals surface area contributed by atoms with Gasteiger partial charge in [-0.15, -0.1) is 0 Å². The van der Waals surface area contributed by atoms with Crippen molar-refractivity contribution < 1.29 is 9.53 Å². The maximum Gasteiger partial charge on any atom is 0.253 e. The zero-order chi connectivity index (χ0) is 24.0. The lowest BCUT2D eigenvalue weighted by Gasteiger charge is -2.28. The van der Waals surface area contributed by atoms with Gasteiger partial charge in [-0.3, -0.25) is 4.79 Å². The zero-order valence-corrected chi connectivity index (χ0v) is 20.9. The van der Waals surface area contributed by atoms with Gasteiger partial charge >= 0.3 is 0 Å². The first-order valence-corrected chi connectivity index (χ1v) is 13.1. The second kappa shape index (κ2) is 11.1. The standard InChI is InChI=1S/C27H31N5O2S/c1-20-19-28-27(29-22-7-9-23(10-8-22)31-15-17-34-18-16-31)30-25(20)35-24-11-5-21(6-12-24)26(33)32-13-3-2-4-14-32/h5-12,19H,2-4,13-18H2,1H3,(H,28,29,30). The molecule has 7 nitrogen and oxygen atoms in total. The number of nitrogens with zero attached hydrogens (tertiary/aromatic N) is 4. The summed E-state index contributed by atoms with van der Waals surface area (Å²) in [4.78, 5) is 27.3. The highest BCUT2D eigenvalue weighted by atomic mass is 32.2. The molecule has 0 saturated carbocycles. The summed E-state index contributed by atoms with van der Waals surface area (Å²) in [7, 11) is 0. The van der Waals surface area contributed by atoms with Crippen molar-refractivity contribution in [1.29, 1.82) is 0 Å². The highest BCUT2D eigenvalue weighted by Crippen LogP contribution is 2.30. The fourth-order valence-corrected chi connectivity index (χ4v) is 5.19. The van der Waals surface area contributed by atoms with Crippen LogP contribution in [0, 0.1) is 6.92 Å². The number of likely N-dealkylation sites (tertiary alicyclic amines) is 1. The van der Waals surface area contributed by atoms with Crippen LogP contribution in [0.2, 0.25) is 0 Å². The number of morpholine rings is 1. The number of benzene rings is 2. The highest BCUT2D eigenvalue weighted by molar-refractivity contribution is 7.99. The van der Waals surface area contributed by atoms with Crippen LogP contribution in [-0.2, 0) is 4.74 Å². The second-order valence-corrected chi connectivity index (χ2v) is 9.99. The molecule has 0 atom stereocenters. The van der Waals surface area contributed by atoms with E-state index in [0.29, 0.717) is 5.95 Å². The molecule has 5 rings (SSSR count). The molecule has 3 aromatic rings. The highest BCUT2D eigenvalue weighted by Gasteiger charge is 2.18. The number of carbonyl (C=O) groups is 1. The molecule has 0 aliphatic carbocycles. The van der Waals surface area contributed by atoms with Gasteiger partial charge in [0.05, 0.1) is 13.2 Å². The van der Waals surface area contributed by atoms with E-state index in [1.165, 1.54) is 12.1 Å². The first-order valence-electron chi connectivity index (χ1n) is 12.3. The summed E-state index contributed by atoms with van der Waals surface area (Å²) in [6.45, 7) is 7.12. The van der Waals surface area contributed by atoms with Crippen LogP contribution in [0.5, 0.6) is 0 Å². The van der Waals surface area contributed by atoms with Crippen LogP contribution >= 0.6 is 11.8 Å². The number of hydrogen-bond donors (Lipinski definition) is 1. The molecule has 2 aliphatic heterocycles. The predicted molar refractivity (Wildman–Crippen MR) is 140 cm³/mol. The van der Waals surface area contributed by atoms with Crippen molar-refractivity contribution in [3.05, 3.63) is 65.9 Å². The molecule has 1 N–H and O–H groups in total. The number of anilines is 3. The lowest BCUT2D eigenvalue weighted by molar-refractivity contribution is 0.0724. The summed E-state index contributed by atoms with van der Waals surface area (Å²) in [6.07, 6.45) is 5.25. The zero-order valence-electron chi connectivity index (χ0n) is 20.1. The van der Waals surface area contributed by atoms with Gasteiger partial charge in [-0.05, 0) is 74.7 Å². The first-order chi connectivity index (χ1) is 17.2. The van der Waals surface area contributed by atoms with Gasteiger partial charge < -0.3 is 19.9 Å². The van der Waals surface area contributed by atoms with Crippen LogP contribution in [0.4, 0.5) is 17.3 Å². The minimum atomic E-state index is 0.130. The lowest BCUT2D eigenvalue weighted by Crippen LogP contribution is -2.36. The van der Waals surface area contributed by atoms with Crippen LogP contribution in [-0.4, -0.2) is 60.2 Å². The molecular weight excluding hydrogens is 458 g/mol. The largest absolute Gasteiger partial charge is 0.378 e. The van der Waals surface area contributed by atoms with Crippen LogP contribution < -0.4 is 10.2 Å². The summed E-state index contributed by atoms with van der Waals surface area (Å²) in [5.74, 6) is 0.694. The molecule has 2 saturated heterocycles. The van der Waals surface area contributed by atoms with Gasteiger partial charge in [0.15, 0.2) is 0 Å². The van der Waals surface area contributed by atoms with E-state index in [1.807, 2.05) is 42.3 Å². The molecule has 3 heterocycles. The second-order valence-electron chi connectivity index (χ2n) is 8.93. The molecule has 0 unspecified atom stereocenters. The molecule has 2 aromatic carbocycles. The smallest absolute Gasteiger partial charge is 0.253 e. The van der Waals surface area contributed by atoms with Crippen molar-refractivity contribution in [1.82, 2.24) is 14.9 Å². The van der Waals surface area contributed by atoms with Gasteiger partial charge in [0.25, 0.3) is 5.91 Å². The molecule has 35 heavy (non-hydrogen) atoms. The topological polar surface area (TPSA) is 70.6 Å². The Morgan fingerprint density at radius 3 is 2.37 bits per heavy atom. The van der Waals surface area contributed by atoms with E-state index in [2.05, 4.69) is 39.5 Å². The molecule has 8 heteroatoms. The Labute approximate surface area is 210 Å². The Bertz CT molecular complexity index is 1140. The number of hydrogen-bond acceptors (Lipinski definition) is 7. The SMILES string of the molecule is Cc1cnc(Nc2ccc(N3CCOCC3)cc2)nc1Sc1ccc(C(=O)N2CCCCC2)cc1. The fraction of sp³-hybridized carbons (Fsp3) is 0.370. The molecule has 1 amide bonds. The van der Waals surface area contributed by atoms with Gasteiger partial charge in [-0.1, -0.05) is 11.8 Å². The summed E-state index contributed by atoms with van der Waals surface area (Å²) in [6, 6.07) is 16.2. The number of carbonyl (C=O) groups excluding carboxylic acids is 1. The number of aryl methyl sites for hydroxylation is 1. The maximum atomic E-state index is 12.7. The van der Waals surface area contributed by atoms with E-state index in [1.54, 1.807) is 11.8 Å². The van der Waals surface area contributed by atoms with Gasteiger partial charge in [-0.25, -0.2) is 9.97 Å². The summed E-state index contributed by atoms with van der Waals surface area (Å²) < 4.78 is 5.44. The summed E-state index contributed by atoms with van der Waals surface area (Å²) in [5, 5.41) is 4.21. The molecule has 2 aliphatic rings. The third kappa shape index (κ3) is 5.94. The molecule has 1 aromatic heterocycles. The molecule has 2 fully saturated rings. The molecule has 0 spiro atoms. The minimum absolute atomic E-state index is 0.130. The maximum absolute atomic E-state index is 12.7. The van der Waals surface area contributed by atoms with Gasteiger partial charge in [-0.2, -0.15) is 0 Å². The van der Waals surface area contributed by atoms with E-state index < -0.39 is 0 Å². The van der Waals surface area contributed by atoms with Crippen molar-refractivity contribution >= 4 is 35.0 Å². The Hall–Kier alpha value is -3.10. The Morgan fingerprint density at radius 2 is 1.66 bits per heavy atom. The molecule has 0 radical (unpaired) electrons. The monoisotopic (exact) mass is 489 g/mol. The van der Waals surface area contributed by atoms with Gasteiger partial charge in [0, 0.05) is 59.8 Å². The average molecular weight is 490 g/mol. The van der Waals surface area contributed by atoms with Crippen molar-refractivity contribution in [2.75, 3.05) is 49.6 Å². The number of aromatic nitrogens is 2. The lowest BCUT2D eigenvalue weighted by atomic mass is 10.1. The van der Waals surface area contributed by atoms with E-state index in [9.17, 15) is 4.79 Å². The predicted octanol–water partition coefficient (Wildman–Crippen LogP) is 5.14. The normalized spacial score (nSPS) is 16.3. The Morgan fingerprint density at radius 1 is 0.943 bits per heavy atom. The van der Waals surface area contributed by atoms with E-state index in [-0.39, 0.29) is 5.91 Å². The van der Waals surface area contributed by atoms with Crippen LogP contribution in [0.15, 0.2) is 64.6 Å². The van der Waals surface area contributed by atoms with Gasteiger partial charge in [0.1, 0.15) is 5.03 Å². The van der Waals surface area contributed by atoms with E-state index in [0.717, 1.165) is 79.0 Å². The minimum Gasteiger partial charge on any atom is -0.378 e. The number of ether oxygens (including phenoxy) is 1. The van der Waals surface area contributed by atoms with E-state index in [4.69, 9.17) is 9.72 Å². The van der Waals surface area contributed by atoms with Crippen LogP contribution in [0.25, 0.3) is 0 Å². The molecule has 182 valence electrons. The quantitative estimate of drug-likeness (QED) is 0.481. The number of nitrogens with one attached hydrogen (secondary N) is 1. The Balaban J connectivity index is 1.23. The fourth-order valence-electron chi connectivity index (χ4n) is 4.35. The van der Waals surface area contributed by atoms with Crippen molar-refractivity contribution in [2.45, 2.75) is 36.1 Å². The third-order valence-electron chi connectivity index (χ3n) is 6.38. The first kappa shape index (κ1) is 23.6. The Kier molecular flexibility index (Phi) is 7.49. The summed E-state index contributed by atoms with van der Waals surface area (Å²) >= 11 is 1.58. The summed E-state index contributed by atoms with van der Waals surface area (Å²) in [5.41, 5.74) is 3.90. The van der Waals surface area contributed by atoms with Crippen LogP contribution in [0.3, 0.4) is 0 Å².